The highest BCUT2D eigenvalue weighted by Gasteiger charge is 2.34. The number of nitrogens with zero attached hydrogens (tertiary/aromatic N) is 2. The Morgan fingerprint density at radius 2 is 1.48 bits per heavy atom. The summed E-state index contributed by atoms with van der Waals surface area (Å²) in [5.74, 6) is -0.885. The molecular formula is C30H35Cl2N3O4S. The zero-order valence-electron chi connectivity index (χ0n) is 23.1. The van der Waals surface area contributed by atoms with Crippen LogP contribution in [0.1, 0.15) is 44.7 Å². The fourth-order valence-electron chi connectivity index (χ4n) is 4.18. The van der Waals surface area contributed by atoms with Crippen molar-refractivity contribution in [2.45, 2.75) is 64.1 Å². The Morgan fingerprint density at radius 3 is 2.05 bits per heavy atom. The van der Waals surface area contributed by atoms with Gasteiger partial charge in [0.15, 0.2) is 0 Å². The molecule has 10 heteroatoms. The van der Waals surface area contributed by atoms with Crippen LogP contribution in [0, 0.1) is 6.92 Å². The fourth-order valence-corrected chi connectivity index (χ4v) is 6.09. The molecular weight excluding hydrogens is 569 g/mol. The predicted octanol–water partition coefficient (Wildman–Crippen LogP) is 6.22. The molecule has 3 aromatic carbocycles. The Kier molecular flexibility index (Phi) is 11.0. The molecule has 0 bridgehead atoms. The van der Waals surface area contributed by atoms with Crippen molar-refractivity contribution in [3.63, 3.8) is 0 Å². The molecule has 0 aromatic heterocycles. The van der Waals surface area contributed by atoms with E-state index in [0.29, 0.717) is 17.0 Å². The standard InChI is InChI=1S/C30H35Cl2N3O4S/c1-5-22(4)33-30(37)27(6-2)34(19-23-11-7-8-12-25(23)31)29(36)20-35(28-14-10-9-13-26(28)32)40(38,39)24-17-15-21(3)16-18-24/h7-18,22,27H,5-6,19-20H2,1-4H3,(H,33,37)/t22-,27-/m1/s1. The third-order valence-corrected chi connectivity index (χ3v) is 9.16. The summed E-state index contributed by atoms with van der Waals surface area (Å²) in [6.07, 6.45) is 1.03. The van der Waals surface area contributed by atoms with Crippen LogP contribution in [0.2, 0.25) is 10.0 Å². The second kappa shape index (κ2) is 14.0. The lowest BCUT2D eigenvalue weighted by atomic mass is 10.1. The van der Waals surface area contributed by atoms with Gasteiger partial charge in [0.1, 0.15) is 12.6 Å². The highest BCUT2D eigenvalue weighted by Crippen LogP contribution is 2.31. The van der Waals surface area contributed by atoms with Gasteiger partial charge in [-0.2, -0.15) is 0 Å². The van der Waals surface area contributed by atoms with Gasteiger partial charge in [0, 0.05) is 17.6 Å². The van der Waals surface area contributed by atoms with Gasteiger partial charge < -0.3 is 10.2 Å². The van der Waals surface area contributed by atoms with Crippen LogP contribution in [0.4, 0.5) is 5.69 Å². The summed E-state index contributed by atoms with van der Waals surface area (Å²) in [5, 5.41) is 3.56. The quantitative estimate of drug-likeness (QED) is 0.266. The first kappa shape index (κ1) is 31.5. The van der Waals surface area contributed by atoms with Crippen LogP contribution in [0.5, 0.6) is 0 Å². The van der Waals surface area contributed by atoms with E-state index in [1.165, 1.54) is 17.0 Å². The SMILES string of the molecule is CC[C@@H](C)NC(=O)[C@@H](CC)N(Cc1ccccc1Cl)C(=O)CN(c1ccccc1Cl)S(=O)(=O)c1ccc(C)cc1. The Hall–Kier alpha value is -3.07. The maximum Gasteiger partial charge on any atom is 0.264 e. The van der Waals surface area contributed by atoms with Crippen LogP contribution in [-0.2, 0) is 26.2 Å². The highest BCUT2D eigenvalue weighted by atomic mass is 35.5. The van der Waals surface area contributed by atoms with Gasteiger partial charge in [-0.3, -0.25) is 13.9 Å². The lowest BCUT2D eigenvalue weighted by Gasteiger charge is -2.34. The van der Waals surface area contributed by atoms with Crippen LogP contribution in [0.3, 0.4) is 0 Å². The number of halogens is 2. The van der Waals surface area contributed by atoms with E-state index in [2.05, 4.69) is 5.32 Å². The Balaban J connectivity index is 2.08. The molecule has 2 amide bonds. The molecule has 3 rings (SSSR count). The van der Waals surface area contributed by atoms with E-state index in [1.807, 2.05) is 27.7 Å². The van der Waals surface area contributed by atoms with Crippen molar-refractivity contribution < 1.29 is 18.0 Å². The smallest absolute Gasteiger partial charge is 0.264 e. The van der Waals surface area contributed by atoms with Crippen LogP contribution in [0.15, 0.2) is 77.7 Å². The molecule has 0 aliphatic rings. The molecule has 0 aliphatic heterocycles. The van der Waals surface area contributed by atoms with Gasteiger partial charge in [-0.25, -0.2) is 8.42 Å². The van der Waals surface area contributed by atoms with E-state index in [-0.39, 0.29) is 34.1 Å². The summed E-state index contributed by atoms with van der Waals surface area (Å²) in [6.45, 7) is 6.95. The summed E-state index contributed by atoms with van der Waals surface area (Å²) in [7, 11) is -4.20. The van der Waals surface area contributed by atoms with Crippen molar-refractivity contribution >= 4 is 50.7 Å². The summed E-state index contributed by atoms with van der Waals surface area (Å²) in [6, 6.07) is 18.9. The molecule has 0 unspecified atom stereocenters. The number of para-hydroxylation sites is 1. The highest BCUT2D eigenvalue weighted by molar-refractivity contribution is 7.92. The number of hydrogen-bond donors (Lipinski definition) is 1. The Bertz CT molecular complexity index is 1430. The van der Waals surface area contributed by atoms with Crippen molar-refractivity contribution in [2.75, 3.05) is 10.8 Å². The molecule has 0 spiro atoms. The number of anilines is 1. The van der Waals surface area contributed by atoms with E-state index >= 15 is 0 Å². The minimum absolute atomic E-state index is 0.0185. The van der Waals surface area contributed by atoms with Crippen LogP contribution in [-0.4, -0.2) is 43.8 Å². The minimum Gasteiger partial charge on any atom is -0.352 e. The third-order valence-electron chi connectivity index (χ3n) is 6.69. The molecule has 1 N–H and O–H groups in total. The van der Waals surface area contributed by atoms with Crippen molar-refractivity contribution in [1.29, 1.82) is 0 Å². The van der Waals surface area contributed by atoms with Gasteiger partial charge in [0.2, 0.25) is 11.8 Å². The average Bonchev–Trinajstić information content (AvgIpc) is 2.93. The average molecular weight is 605 g/mol. The summed E-state index contributed by atoms with van der Waals surface area (Å²) in [5.41, 5.74) is 1.69. The van der Waals surface area contributed by atoms with E-state index in [4.69, 9.17) is 23.2 Å². The normalized spacial score (nSPS) is 12.8. The molecule has 2 atom stereocenters. The monoisotopic (exact) mass is 603 g/mol. The molecule has 7 nitrogen and oxygen atoms in total. The van der Waals surface area contributed by atoms with Crippen LogP contribution >= 0.6 is 23.2 Å². The zero-order valence-corrected chi connectivity index (χ0v) is 25.4. The number of benzene rings is 3. The van der Waals surface area contributed by atoms with Gasteiger partial charge in [-0.1, -0.05) is 85.1 Å². The molecule has 40 heavy (non-hydrogen) atoms. The van der Waals surface area contributed by atoms with Gasteiger partial charge in [0.05, 0.1) is 15.6 Å². The molecule has 0 aliphatic carbocycles. The van der Waals surface area contributed by atoms with Gasteiger partial charge in [-0.15, -0.1) is 0 Å². The van der Waals surface area contributed by atoms with E-state index < -0.39 is 28.5 Å². The molecule has 0 saturated carbocycles. The molecule has 0 radical (unpaired) electrons. The van der Waals surface area contributed by atoms with Crippen molar-refractivity contribution in [3.05, 3.63) is 94.0 Å². The number of aryl methyl sites for hydroxylation is 1. The molecule has 3 aromatic rings. The van der Waals surface area contributed by atoms with E-state index in [1.54, 1.807) is 60.7 Å². The predicted molar refractivity (Wildman–Crippen MR) is 161 cm³/mol. The number of amides is 2. The number of sulfonamides is 1. The number of rotatable bonds is 12. The number of carbonyl (C=O) groups excluding carboxylic acids is 2. The summed E-state index contributed by atoms with van der Waals surface area (Å²) >= 11 is 12.9. The van der Waals surface area contributed by atoms with Gasteiger partial charge >= 0.3 is 0 Å². The van der Waals surface area contributed by atoms with E-state index in [9.17, 15) is 18.0 Å². The molecule has 0 saturated heterocycles. The topological polar surface area (TPSA) is 86.8 Å². The first-order chi connectivity index (χ1) is 19.0. The lowest BCUT2D eigenvalue weighted by molar-refractivity contribution is -0.140. The lowest BCUT2D eigenvalue weighted by Crippen LogP contribution is -2.53. The molecule has 0 fully saturated rings. The summed E-state index contributed by atoms with van der Waals surface area (Å²) < 4.78 is 28.8. The van der Waals surface area contributed by atoms with Gasteiger partial charge in [0.25, 0.3) is 10.0 Å². The van der Waals surface area contributed by atoms with E-state index in [0.717, 1.165) is 16.3 Å². The number of nitrogens with one attached hydrogen (secondary N) is 1. The third kappa shape index (κ3) is 7.56. The first-order valence-electron chi connectivity index (χ1n) is 13.2. The van der Waals surface area contributed by atoms with Crippen molar-refractivity contribution in [1.82, 2.24) is 10.2 Å². The number of carbonyl (C=O) groups is 2. The molecule has 0 heterocycles. The Morgan fingerprint density at radius 1 is 0.875 bits per heavy atom. The molecule has 214 valence electrons. The Labute approximate surface area is 247 Å². The van der Waals surface area contributed by atoms with Crippen molar-refractivity contribution in [2.24, 2.45) is 0 Å². The second-order valence-corrected chi connectivity index (χ2v) is 12.3. The fraction of sp³-hybridized carbons (Fsp3) is 0.333. The van der Waals surface area contributed by atoms with Crippen molar-refractivity contribution in [3.8, 4) is 0 Å². The maximum atomic E-state index is 14.1. The maximum absolute atomic E-state index is 14.1. The zero-order chi connectivity index (χ0) is 29.4. The number of hydrogen-bond acceptors (Lipinski definition) is 4. The van der Waals surface area contributed by atoms with Crippen LogP contribution in [0.25, 0.3) is 0 Å². The second-order valence-electron chi connectivity index (χ2n) is 9.63. The van der Waals surface area contributed by atoms with Gasteiger partial charge in [-0.05, 0) is 62.6 Å². The van der Waals surface area contributed by atoms with Crippen LogP contribution < -0.4 is 9.62 Å². The minimum atomic E-state index is -4.20. The first-order valence-corrected chi connectivity index (χ1v) is 15.4. The summed E-state index contributed by atoms with van der Waals surface area (Å²) in [4.78, 5) is 28.8. The largest absolute Gasteiger partial charge is 0.352 e.